The Balaban J connectivity index is 2.08. The van der Waals surface area contributed by atoms with E-state index in [-0.39, 0.29) is 5.56 Å². The number of primary amides is 1. The maximum atomic E-state index is 10.9. The van der Waals surface area contributed by atoms with Gasteiger partial charge in [0.05, 0.1) is 17.1 Å². The van der Waals surface area contributed by atoms with Crippen LogP contribution in [0.4, 0.5) is 5.82 Å². The third-order valence-electron chi connectivity index (χ3n) is 2.24. The molecule has 0 bridgehead atoms. The quantitative estimate of drug-likeness (QED) is 0.879. The van der Waals surface area contributed by atoms with Crippen LogP contribution in [0.3, 0.4) is 0 Å². The lowest BCUT2D eigenvalue weighted by Crippen LogP contribution is -2.12. The minimum Gasteiger partial charge on any atom is -0.366 e. The number of carbonyl (C=O) groups excluding carboxylic acids is 1. The molecule has 0 aliphatic carbocycles. The first-order valence-electron chi connectivity index (χ1n) is 5.17. The second-order valence-electron chi connectivity index (χ2n) is 3.70. The number of amides is 1. The Morgan fingerprint density at radius 1 is 1.56 bits per heavy atom. The average Bonchev–Trinajstić information content (AvgIpc) is 2.73. The van der Waals surface area contributed by atoms with E-state index in [2.05, 4.69) is 15.5 Å². The van der Waals surface area contributed by atoms with Gasteiger partial charge >= 0.3 is 0 Å². The summed E-state index contributed by atoms with van der Waals surface area (Å²) in [5.41, 5.74) is 6.13. The van der Waals surface area contributed by atoms with E-state index in [9.17, 15) is 4.79 Å². The molecule has 0 aliphatic rings. The normalized spacial score (nSPS) is 10.3. The fraction of sp³-hybridized carbons (Fsp3) is 0.182. The number of anilines is 1. The molecule has 0 aliphatic heterocycles. The summed E-state index contributed by atoms with van der Waals surface area (Å²) in [6, 6.07) is 3.27. The molecule has 0 atom stereocenters. The summed E-state index contributed by atoms with van der Waals surface area (Å²) in [4.78, 5) is 14.9. The molecule has 2 rings (SSSR count). The highest BCUT2D eigenvalue weighted by molar-refractivity contribution is 6.33. The minimum atomic E-state index is -0.567. The first-order valence-corrected chi connectivity index (χ1v) is 5.55. The molecular weight excluding hydrogens is 256 g/mol. The Morgan fingerprint density at radius 2 is 2.33 bits per heavy atom. The number of nitrogens with zero attached hydrogens (tertiary/aromatic N) is 2. The number of carbonyl (C=O) groups is 1. The summed E-state index contributed by atoms with van der Waals surface area (Å²) in [5.74, 6) is 0.625. The lowest BCUT2D eigenvalue weighted by molar-refractivity contribution is 0.1000. The van der Waals surface area contributed by atoms with Gasteiger partial charge in [0.25, 0.3) is 0 Å². The molecule has 2 aromatic rings. The predicted octanol–water partition coefficient (Wildman–Crippen LogP) is 1.74. The Hall–Kier alpha value is -2.08. The van der Waals surface area contributed by atoms with E-state index >= 15 is 0 Å². The van der Waals surface area contributed by atoms with Crippen LogP contribution in [0.5, 0.6) is 0 Å². The summed E-state index contributed by atoms with van der Waals surface area (Å²) in [7, 11) is 0. The number of pyridine rings is 1. The second-order valence-corrected chi connectivity index (χ2v) is 4.11. The van der Waals surface area contributed by atoms with Crippen LogP contribution in [0.25, 0.3) is 0 Å². The molecule has 18 heavy (non-hydrogen) atoms. The first kappa shape index (κ1) is 12.4. The highest BCUT2D eigenvalue weighted by atomic mass is 35.5. The van der Waals surface area contributed by atoms with Crippen LogP contribution < -0.4 is 11.1 Å². The lowest BCUT2D eigenvalue weighted by Gasteiger charge is -2.06. The minimum absolute atomic E-state index is 0.267. The standard InChI is InChI=1S/C11H11ClN4O2/c1-6-2-8(16-18-6)5-15-11-9(12)3-7(4-14-11)10(13)17/h2-4H,5H2,1H3,(H2,13,17)(H,14,15). The van der Waals surface area contributed by atoms with E-state index in [0.717, 1.165) is 11.5 Å². The van der Waals surface area contributed by atoms with Gasteiger partial charge in [-0.05, 0) is 13.0 Å². The summed E-state index contributed by atoms with van der Waals surface area (Å²) >= 11 is 5.97. The van der Waals surface area contributed by atoms with Crippen molar-refractivity contribution in [2.45, 2.75) is 13.5 Å². The predicted molar refractivity (Wildman–Crippen MR) is 66.3 cm³/mol. The van der Waals surface area contributed by atoms with Gasteiger partial charge in [-0.15, -0.1) is 0 Å². The summed E-state index contributed by atoms with van der Waals surface area (Å²) < 4.78 is 4.93. The maximum absolute atomic E-state index is 10.9. The van der Waals surface area contributed by atoms with Gasteiger partial charge in [-0.2, -0.15) is 0 Å². The van der Waals surface area contributed by atoms with Crippen molar-refractivity contribution in [1.82, 2.24) is 10.1 Å². The van der Waals surface area contributed by atoms with Crippen molar-refractivity contribution in [3.8, 4) is 0 Å². The number of hydrogen-bond acceptors (Lipinski definition) is 5. The molecule has 3 N–H and O–H groups in total. The van der Waals surface area contributed by atoms with Gasteiger partial charge < -0.3 is 15.6 Å². The second kappa shape index (κ2) is 5.05. The zero-order chi connectivity index (χ0) is 13.1. The van der Waals surface area contributed by atoms with E-state index < -0.39 is 5.91 Å². The van der Waals surface area contributed by atoms with Gasteiger partial charge in [0.15, 0.2) is 0 Å². The van der Waals surface area contributed by atoms with Crippen LogP contribution in [0, 0.1) is 6.92 Å². The van der Waals surface area contributed by atoms with Gasteiger partial charge in [0, 0.05) is 12.3 Å². The number of nitrogens with two attached hydrogens (primary N) is 1. The van der Waals surface area contributed by atoms with Gasteiger partial charge in [0.1, 0.15) is 17.3 Å². The van der Waals surface area contributed by atoms with Crippen molar-refractivity contribution < 1.29 is 9.32 Å². The molecule has 0 spiro atoms. The van der Waals surface area contributed by atoms with Gasteiger partial charge in [-0.25, -0.2) is 4.98 Å². The van der Waals surface area contributed by atoms with Crippen LogP contribution >= 0.6 is 11.6 Å². The van der Waals surface area contributed by atoms with E-state index in [0.29, 0.717) is 17.4 Å². The number of aryl methyl sites for hydroxylation is 1. The summed E-state index contributed by atoms with van der Waals surface area (Å²) in [5, 5.41) is 7.14. The molecule has 2 heterocycles. The van der Waals surface area contributed by atoms with Crippen LogP contribution in [-0.2, 0) is 6.54 Å². The van der Waals surface area contributed by atoms with Gasteiger partial charge in [0.2, 0.25) is 5.91 Å². The smallest absolute Gasteiger partial charge is 0.250 e. The fourth-order valence-electron chi connectivity index (χ4n) is 1.38. The van der Waals surface area contributed by atoms with Crippen molar-refractivity contribution >= 4 is 23.3 Å². The molecule has 6 nitrogen and oxygen atoms in total. The molecule has 7 heteroatoms. The number of aromatic nitrogens is 2. The van der Waals surface area contributed by atoms with Crippen molar-refractivity contribution in [2.75, 3.05) is 5.32 Å². The molecule has 1 amide bonds. The lowest BCUT2D eigenvalue weighted by atomic mass is 10.2. The number of hydrogen-bond donors (Lipinski definition) is 2. The Bertz CT molecular complexity index is 582. The molecule has 0 radical (unpaired) electrons. The third-order valence-corrected chi connectivity index (χ3v) is 2.53. The largest absolute Gasteiger partial charge is 0.366 e. The number of rotatable bonds is 4. The SMILES string of the molecule is Cc1cc(CNc2ncc(C(N)=O)cc2Cl)no1. The fourth-order valence-corrected chi connectivity index (χ4v) is 1.61. The van der Waals surface area contributed by atoms with E-state index in [1.54, 1.807) is 6.07 Å². The van der Waals surface area contributed by atoms with E-state index in [1.165, 1.54) is 12.3 Å². The molecule has 0 unspecified atom stereocenters. The molecule has 0 saturated carbocycles. The molecule has 0 saturated heterocycles. The third kappa shape index (κ3) is 2.78. The molecular formula is C11H11ClN4O2. The van der Waals surface area contributed by atoms with Crippen molar-refractivity contribution in [3.05, 3.63) is 40.4 Å². The Morgan fingerprint density at radius 3 is 2.89 bits per heavy atom. The van der Waals surface area contributed by atoms with E-state index in [1.807, 2.05) is 6.92 Å². The highest BCUT2D eigenvalue weighted by Gasteiger charge is 2.08. The van der Waals surface area contributed by atoms with Crippen LogP contribution in [0.2, 0.25) is 5.02 Å². The first-order chi connectivity index (χ1) is 8.56. The topological polar surface area (TPSA) is 94.0 Å². The van der Waals surface area contributed by atoms with Crippen molar-refractivity contribution in [1.29, 1.82) is 0 Å². The van der Waals surface area contributed by atoms with Gasteiger partial charge in [-0.1, -0.05) is 16.8 Å². The molecule has 0 fully saturated rings. The number of halogens is 1. The zero-order valence-corrected chi connectivity index (χ0v) is 10.4. The van der Waals surface area contributed by atoms with Crippen molar-refractivity contribution in [2.24, 2.45) is 5.73 Å². The molecule has 0 aromatic carbocycles. The summed E-state index contributed by atoms with van der Waals surface area (Å²) in [6.45, 7) is 2.24. The monoisotopic (exact) mass is 266 g/mol. The van der Waals surface area contributed by atoms with Crippen molar-refractivity contribution in [3.63, 3.8) is 0 Å². The Labute approximate surface area is 108 Å². The summed E-state index contributed by atoms with van der Waals surface area (Å²) in [6.07, 6.45) is 1.37. The molecule has 2 aromatic heterocycles. The highest BCUT2D eigenvalue weighted by Crippen LogP contribution is 2.20. The van der Waals surface area contributed by atoms with Crippen LogP contribution in [0.1, 0.15) is 21.8 Å². The van der Waals surface area contributed by atoms with Crippen LogP contribution in [-0.4, -0.2) is 16.0 Å². The zero-order valence-electron chi connectivity index (χ0n) is 9.61. The van der Waals surface area contributed by atoms with E-state index in [4.69, 9.17) is 21.9 Å². The number of nitrogens with one attached hydrogen (secondary N) is 1. The van der Waals surface area contributed by atoms with Crippen LogP contribution in [0.15, 0.2) is 22.9 Å². The Kier molecular flexibility index (Phi) is 3.47. The van der Waals surface area contributed by atoms with Gasteiger partial charge in [-0.3, -0.25) is 4.79 Å². The maximum Gasteiger partial charge on any atom is 0.250 e. The average molecular weight is 267 g/mol. The molecule has 94 valence electrons.